The molecule has 1 radical (unpaired) electrons. The molecular weight excluding hydrogens is 816 g/mol. The van der Waals surface area contributed by atoms with Crippen molar-refractivity contribution in [2.45, 2.75) is 41.9 Å². The molecule has 7 aromatic rings. The third kappa shape index (κ3) is 6.93. The van der Waals surface area contributed by atoms with E-state index in [9.17, 15) is 4.79 Å². The molecule has 15 heteroatoms. The van der Waals surface area contributed by atoms with Gasteiger partial charge in [-0.2, -0.15) is 0 Å². The minimum absolute atomic E-state index is 0. The van der Waals surface area contributed by atoms with E-state index < -0.39 is 0 Å². The summed E-state index contributed by atoms with van der Waals surface area (Å²) in [6.45, 7) is 0.510. The third-order valence-electron chi connectivity index (χ3n) is 10.1. The quantitative estimate of drug-likeness (QED) is 0.0975. The number of rotatable bonds is 6. The first-order valence-corrected chi connectivity index (χ1v) is 19.5. The van der Waals surface area contributed by atoms with E-state index in [1.54, 1.807) is 12.3 Å². The van der Waals surface area contributed by atoms with Crippen molar-refractivity contribution in [3.8, 4) is 45.6 Å². The summed E-state index contributed by atoms with van der Waals surface area (Å²) in [6, 6.07) is 21.0. The van der Waals surface area contributed by atoms with Crippen molar-refractivity contribution in [3.05, 3.63) is 112 Å². The molecule has 2 aliphatic heterocycles. The van der Waals surface area contributed by atoms with Crippen LogP contribution in [-0.4, -0.2) is 47.3 Å². The Kier molecular flexibility index (Phi) is 9.94. The number of hydrogen-bond donors (Lipinski definition) is 4. The Morgan fingerprint density at radius 2 is 1.40 bits per heavy atom. The first-order chi connectivity index (χ1) is 27.4. The van der Waals surface area contributed by atoms with Gasteiger partial charge in [0.2, 0.25) is 0 Å². The van der Waals surface area contributed by atoms with Crippen LogP contribution in [0, 0.1) is 0 Å². The summed E-state index contributed by atoms with van der Waals surface area (Å²) >= 11 is 14.0. The molecule has 10 rings (SSSR count). The second-order valence-electron chi connectivity index (χ2n) is 13.8. The number of nitrogens with one attached hydrogen (secondary N) is 1. The van der Waals surface area contributed by atoms with E-state index in [-0.39, 0.29) is 22.7 Å². The zero-order valence-corrected chi connectivity index (χ0v) is 33.7. The van der Waals surface area contributed by atoms with Crippen LogP contribution in [0.4, 0.5) is 0 Å². The Hall–Kier alpha value is -5.32. The average Bonchev–Trinajstić information content (AvgIpc) is 3.92. The van der Waals surface area contributed by atoms with Crippen molar-refractivity contribution in [2.24, 2.45) is 0 Å². The predicted molar refractivity (Wildman–Crippen MR) is 225 cm³/mol. The van der Waals surface area contributed by atoms with E-state index in [1.807, 2.05) is 60.8 Å². The number of amides is 1. The summed E-state index contributed by atoms with van der Waals surface area (Å²) in [5.74, 6) is 1.40. The SMILES string of the molecule is O=C(NCCCCc1cccnc1)c1cccc2c1-c1nc-2nc2[n-]c(nc3nc(nc4[n-]c(n1)c1ccc(S)cc41)-c1cc(S)ccc1-3)c1c2CC=C(S)C1.[Co+2]. The fourth-order valence-corrected chi connectivity index (χ4v) is 8.08. The van der Waals surface area contributed by atoms with Crippen LogP contribution in [0.25, 0.3) is 78.9 Å². The van der Waals surface area contributed by atoms with Crippen molar-refractivity contribution < 1.29 is 21.6 Å². The Morgan fingerprint density at radius 1 is 0.684 bits per heavy atom. The zero-order valence-electron chi connectivity index (χ0n) is 29.9. The molecule has 11 nitrogen and oxygen atoms in total. The van der Waals surface area contributed by atoms with Gasteiger partial charge < -0.3 is 35.2 Å². The van der Waals surface area contributed by atoms with Gasteiger partial charge in [-0.15, -0.1) is 37.9 Å². The van der Waals surface area contributed by atoms with Gasteiger partial charge in [0.1, 0.15) is 0 Å². The number of pyridine rings is 1. The van der Waals surface area contributed by atoms with Gasteiger partial charge in [-0.05, 0) is 94.4 Å². The molecule has 3 aromatic carbocycles. The molecule has 281 valence electrons. The fourth-order valence-electron chi connectivity index (χ4n) is 7.42. The number of aromatic nitrogens is 9. The number of thiol groups is 3. The second-order valence-corrected chi connectivity index (χ2v) is 15.4. The maximum atomic E-state index is 14.0. The van der Waals surface area contributed by atoms with E-state index in [1.165, 1.54) is 5.56 Å². The first-order valence-electron chi connectivity index (χ1n) is 18.1. The van der Waals surface area contributed by atoms with E-state index >= 15 is 0 Å². The van der Waals surface area contributed by atoms with Gasteiger partial charge in [-0.1, -0.05) is 36.4 Å². The van der Waals surface area contributed by atoms with Crippen LogP contribution in [0.3, 0.4) is 0 Å². The van der Waals surface area contributed by atoms with Gasteiger partial charge in [0.15, 0.2) is 0 Å². The minimum atomic E-state index is -0.223. The van der Waals surface area contributed by atoms with Crippen molar-refractivity contribution in [1.82, 2.24) is 50.2 Å². The molecule has 1 N–H and O–H groups in total. The van der Waals surface area contributed by atoms with Gasteiger partial charge in [-0.25, -0.2) is 9.97 Å². The topological polar surface area (TPSA) is 148 Å². The standard InChI is InChI=1S/C42H31N10OS3.Co/c53-42(44-16-2-1-5-21-6-4-15-43-20-21)29-8-3-7-28-33(29)41-51-36-27-14-11-24(56)19-32(27)40(49-36)50-39-31-18-23(55)10-13-26(31)35(48-39)47-38-30-17-22(54)9-12-25(30)34(46-38)45-37(28)52-41;/h3-4,6-11,13-15,18-20H,1-2,5,12,16-17H2,(H5-,44,45,46,47,48,49,50,51,52,53,54,55,56);/q-1;+2/p-1. The smallest absolute Gasteiger partial charge is 0.358 e. The summed E-state index contributed by atoms with van der Waals surface area (Å²) in [7, 11) is 0. The summed E-state index contributed by atoms with van der Waals surface area (Å²) < 4.78 is 0. The second kappa shape index (κ2) is 15.2. The predicted octanol–water partition coefficient (Wildman–Crippen LogP) is 7.61. The molecule has 8 bridgehead atoms. The summed E-state index contributed by atoms with van der Waals surface area (Å²) in [5.41, 5.74) is 8.12. The number of benzene rings is 3. The Morgan fingerprint density at radius 3 is 2.26 bits per heavy atom. The van der Waals surface area contributed by atoms with Crippen molar-refractivity contribution in [1.29, 1.82) is 0 Å². The molecule has 0 atom stereocenters. The van der Waals surface area contributed by atoms with Crippen molar-refractivity contribution in [3.63, 3.8) is 0 Å². The normalized spacial score (nSPS) is 12.6. The van der Waals surface area contributed by atoms with Crippen LogP contribution in [-0.2, 0) is 36.0 Å². The van der Waals surface area contributed by atoms with Crippen molar-refractivity contribution in [2.75, 3.05) is 6.54 Å². The van der Waals surface area contributed by atoms with Gasteiger partial charge >= 0.3 is 16.8 Å². The van der Waals surface area contributed by atoms with Crippen LogP contribution in [0.5, 0.6) is 0 Å². The number of aryl methyl sites for hydroxylation is 1. The van der Waals surface area contributed by atoms with Crippen molar-refractivity contribution >= 4 is 77.2 Å². The van der Waals surface area contributed by atoms with Crippen LogP contribution in [0.2, 0.25) is 0 Å². The van der Waals surface area contributed by atoms with Crippen LogP contribution >= 0.6 is 37.9 Å². The fraction of sp³-hybridized carbons (Fsp3) is 0.143. The van der Waals surface area contributed by atoms with Crippen LogP contribution < -0.4 is 15.3 Å². The molecule has 0 saturated heterocycles. The molecule has 6 heterocycles. The molecule has 0 spiro atoms. The number of unbranched alkanes of at least 4 members (excludes halogenated alkanes) is 1. The largest absolute Gasteiger partial charge is 2.00 e. The Labute approximate surface area is 353 Å². The van der Waals surface area contributed by atoms with E-state index in [2.05, 4.69) is 47.7 Å². The van der Waals surface area contributed by atoms with E-state index in [4.69, 9.17) is 52.5 Å². The monoisotopic (exact) mass is 845 g/mol. The van der Waals surface area contributed by atoms with E-state index in [0.717, 1.165) is 67.0 Å². The molecule has 1 amide bonds. The molecular formula is C42H30CoN10OS3. The van der Waals surface area contributed by atoms with Gasteiger partial charge in [0.05, 0.1) is 23.3 Å². The maximum absolute atomic E-state index is 14.0. The summed E-state index contributed by atoms with van der Waals surface area (Å²) in [5, 5.41) is 4.61. The molecule has 57 heavy (non-hydrogen) atoms. The number of nitrogens with zero attached hydrogens (tertiary/aromatic N) is 9. The first kappa shape index (κ1) is 37.3. The van der Waals surface area contributed by atoms with Gasteiger partial charge in [0.25, 0.3) is 5.91 Å². The maximum Gasteiger partial charge on any atom is 2.00 e. The minimum Gasteiger partial charge on any atom is -0.358 e. The molecule has 4 aromatic heterocycles. The number of carbonyl (C=O) groups excluding carboxylic acids is 1. The van der Waals surface area contributed by atoms with Crippen LogP contribution in [0.15, 0.2) is 99.9 Å². The molecule has 0 fully saturated rings. The number of hydrogen-bond acceptors (Lipinski definition) is 11. The average molecular weight is 846 g/mol. The summed E-state index contributed by atoms with van der Waals surface area (Å²) in [4.78, 5) is 60.7. The number of carbonyl (C=O) groups is 1. The van der Waals surface area contributed by atoms with Gasteiger partial charge in [0, 0.05) is 85.6 Å². The Bertz CT molecular complexity index is 2980. The molecule has 3 aliphatic rings. The molecule has 0 unspecified atom stereocenters. The number of fused-ring (bicyclic) bond motifs is 20. The molecule has 0 saturated carbocycles. The van der Waals surface area contributed by atoms with Gasteiger partial charge in [-0.3, -0.25) is 9.78 Å². The third-order valence-corrected chi connectivity index (χ3v) is 11.0. The Balaban J connectivity index is 0.00000422. The van der Waals surface area contributed by atoms with E-state index in [0.29, 0.717) is 82.0 Å². The van der Waals surface area contributed by atoms with Crippen LogP contribution in [0.1, 0.15) is 39.9 Å². The zero-order chi connectivity index (χ0) is 37.9. The summed E-state index contributed by atoms with van der Waals surface area (Å²) in [6.07, 6.45) is 9.46. The molecule has 1 aliphatic carbocycles. The number of allylic oxidation sites excluding steroid dienone is 2.